The molecule has 0 bridgehead atoms. The number of benzene rings is 1. The third kappa shape index (κ3) is 2.42. The minimum absolute atomic E-state index is 0.0259. The summed E-state index contributed by atoms with van der Waals surface area (Å²) in [5.41, 5.74) is 1.89. The van der Waals surface area contributed by atoms with E-state index in [9.17, 15) is 4.79 Å². The van der Waals surface area contributed by atoms with Crippen molar-refractivity contribution < 1.29 is 4.79 Å². The Morgan fingerprint density at radius 1 is 1.42 bits per heavy atom. The van der Waals surface area contributed by atoms with Crippen molar-refractivity contribution in [3.8, 4) is 0 Å². The number of aromatic amines is 1. The smallest absolute Gasteiger partial charge is 0.321 e. The van der Waals surface area contributed by atoms with Crippen LogP contribution >= 0.6 is 0 Å². The molecule has 1 unspecified atom stereocenters. The van der Waals surface area contributed by atoms with Gasteiger partial charge in [-0.05, 0) is 25.1 Å². The lowest BCUT2D eigenvalue weighted by molar-refractivity contribution is 0.192. The van der Waals surface area contributed by atoms with E-state index in [1.165, 1.54) is 0 Å². The number of anilines is 1. The highest BCUT2D eigenvalue weighted by Gasteiger charge is 2.20. The van der Waals surface area contributed by atoms with Crippen LogP contribution in [0, 0.1) is 0 Å². The van der Waals surface area contributed by atoms with Crippen molar-refractivity contribution in [1.82, 2.24) is 15.2 Å². The minimum Gasteiger partial charge on any atom is -0.361 e. The monoisotopic (exact) mass is 258 g/mol. The fourth-order valence-corrected chi connectivity index (χ4v) is 2.51. The summed E-state index contributed by atoms with van der Waals surface area (Å²) < 4.78 is 0. The zero-order valence-corrected chi connectivity index (χ0v) is 10.9. The molecule has 1 atom stereocenters. The Kier molecular flexibility index (Phi) is 3.13. The molecule has 100 valence electrons. The summed E-state index contributed by atoms with van der Waals surface area (Å²) in [5, 5.41) is 7.37. The second-order valence-corrected chi connectivity index (χ2v) is 4.98. The number of nitrogens with zero attached hydrogens (tertiary/aromatic N) is 1. The molecule has 1 saturated heterocycles. The summed E-state index contributed by atoms with van der Waals surface area (Å²) in [5.74, 6) is 0. The van der Waals surface area contributed by atoms with Crippen LogP contribution in [-0.4, -0.2) is 41.6 Å². The van der Waals surface area contributed by atoms with Crippen LogP contribution in [0.25, 0.3) is 10.9 Å². The van der Waals surface area contributed by atoms with Gasteiger partial charge in [-0.15, -0.1) is 0 Å². The first-order valence-electron chi connectivity index (χ1n) is 6.59. The predicted molar refractivity (Wildman–Crippen MR) is 76.4 cm³/mol. The first kappa shape index (κ1) is 12.0. The number of fused-ring (bicyclic) bond motifs is 1. The Labute approximate surface area is 112 Å². The molecule has 5 heteroatoms. The van der Waals surface area contributed by atoms with E-state index >= 15 is 0 Å². The van der Waals surface area contributed by atoms with E-state index in [2.05, 4.69) is 22.5 Å². The molecule has 1 aromatic heterocycles. The van der Waals surface area contributed by atoms with Gasteiger partial charge in [-0.1, -0.05) is 6.07 Å². The van der Waals surface area contributed by atoms with E-state index < -0.39 is 0 Å². The van der Waals surface area contributed by atoms with Gasteiger partial charge < -0.3 is 20.5 Å². The number of hydrogen-bond acceptors (Lipinski definition) is 2. The van der Waals surface area contributed by atoms with Crippen molar-refractivity contribution >= 4 is 22.6 Å². The highest BCUT2D eigenvalue weighted by atomic mass is 16.2. The van der Waals surface area contributed by atoms with Gasteiger partial charge in [-0.2, -0.15) is 0 Å². The third-order valence-corrected chi connectivity index (χ3v) is 3.49. The highest BCUT2D eigenvalue weighted by molar-refractivity contribution is 6.00. The molecule has 0 saturated carbocycles. The maximum Gasteiger partial charge on any atom is 0.321 e. The topological polar surface area (TPSA) is 60.2 Å². The Bertz CT molecular complexity index is 592. The van der Waals surface area contributed by atoms with Crippen molar-refractivity contribution in [2.45, 2.75) is 13.0 Å². The number of amides is 2. The summed E-state index contributed by atoms with van der Waals surface area (Å²) in [6, 6.07) is 8.17. The summed E-state index contributed by atoms with van der Waals surface area (Å²) >= 11 is 0. The number of rotatable bonds is 1. The molecule has 5 nitrogen and oxygen atoms in total. The molecule has 2 amide bonds. The molecule has 2 heterocycles. The van der Waals surface area contributed by atoms with Crippen LogP contribution in [0.3, 0.4) is 0 Å². The normalized spacial score (nSPS) is 19.6. The van der Waals surface area contributed by atoms with Gasteiger partial charge in [0.25, 0.3) is 0 Å². The molecule has 0 aliphatic carbocycles. The van der Waals surface area contributed by atoms with E-state index in [4.69, 9.17) is 0 Å². The van der Waals surface area contributed by atoms with E-state index in [0.29, 0.717) is 6.04 Å². The molecule has 1 aliphatic rings. The molecule has 1 fully saturated rings. The summed E-state index contributed by atoms with van der Waals surface area (Å²) in [6.07, 6.45) is 1.88. The van der Waals surface area contributed by atoms with Gasteiger partial charge in [-0.3, -0.25) is 0 Å². The number of nitrogens with one attached hydrogen (secondary N) is 3. The van der Waals surface area contributed by atoms with Gasteiger partial charge in [0.15, 0.2) is 0 Å². The third-order valence-electron chi connectivity index (χ3n) is 3.49. The van der Waals surface area contributed by atoms with E-state index in [1.54, 1.807) is 0 Å². The van der Waals surface area contributed by atoms with Gasteiger partial charge >= 0.3 is 6.03 Å². The van der Waals surface area contributed by atoms with Crippen LogP contribution in [0.15, 0.2) is 30.5 Å². The summed E-state index contributed by atoms with van der Waals surface area (Å²) in [7, 11) is 0. The minimum atomic E-state index is -0.0259. The van der Waals surface area contributed by atoms with Gasteiger partial charge in [0.2, 0.25) is 0 Å². The average molecular weight is 258 g/mol. The number of piperazine rings is 1. The van der Waals surface area contributed by atoms with Gasteiger partial charge in [-0.25, -0.2) is 4.79 Å². The Balaban J connectivity index is 1.77. The first-order valence-corrected chi connectivity index (χ1v) is 6.59. The van der Waals surface area contributed by atoms with E-state index in [1.807, 2.05) is 35.4 Å². The predicted octanol–water partition coefficient (Wildman–Crippen LogP) is 1.99. The van der Waals surface area contributed by atoms with Crippen LogP contribution in [0.2, 0.25) is 0 Å². The number of urea groups is 1. The molecule has 3 rings (SSSR count). The van der Waals surface area contributed by atoms with Gasteiger partial charge in [0, 0.05) is 42.8 Å². The lowest BCUT2D eigenvalue weighted by Crippen LogP contribution is -2.52. The summed E-state index contributed by atoms with van der Waals surface area (Å²) in [4.78, 5) is 17.3. The molecule has 1 aliphatic heterocycles. The maximum absolute atomic E-state index is 12.3. The Morgan fingerprint density at radius 3 is 3.16 bits per heavy atom. The van der Waals surface area contributed by atoms with Gasteiger partial charge in [0.05, 0.1) is 5.69 Å². The quantitative estimate of drug-likeness (QED) is 0.732. The standard InChI is InChI=1S/C14H18N4O/c1-10-9-18(8-7-15-10)14(19)17-13-4-2-3-12-11(13)5-6-16-12/h2-6,10,15-16H,7-9H2,1H3,(H,17,19). The molecule has 19 heavy (non-hydrogen) atoms. The second-order valence-electron chi connectivity index (χ2n) is 4.98. The van der Waals surface area contributed by atoms with Crippen LogP contribution in [-0.2, 0) is 0 Å². The molecule has 1 aromatic carbocycles. The SMILES string of the molecule is CC1CN(C(=O)Nc2cccc3[nH]ccc23)CCN1. The number of aromatic nitrogens is 1. The largest absolute Gasteiger partial charge is 0.361 e. The molecule has 3 N–H and O–H groups in total. The zero-order chi connectivity index (χ0) is 13.2. The van der Waals surface area contributed by atoms with E-state index in [0.717, 1.165) is 36.2 Å². The molecular weight excluding hydrogens is 240 g/mol. The van der Waals surface area contributed by atoms with Crippen molar-refractivity contribution in [2.75, 3.05) is 25.0 Å². The molecule has 0 spiro atoms. The molecule has 0 radical (unpaired) electrons. The Morgan fingerprint density at radius 2 is 2.32 bits per heavy atom. The number of carbonyl (C=O) groups excluding carboxylic acids is 1. The lowest BCUT2D eigenvalue weighted by Gasteiger charge is -2.31. The van der Waals surface area contributed by atoms with Crippen LogP contribution < -0.4 is 10.6 Å². The van der Waals surface area contributed by atoms with E-state index in [-0.39, 0.29) is 6.03 Å². The van der Waals surface area contributed by atoms with Gasteiger partial charge in [0.1, 0.15) is 0 Å². The fraction of sp³-hybridized carbons (Fsp3) is 0.357. The van der Waals surface area contributed by atoms with Crippen molar-refractivity contribution in [1.29, 1.82) is 0 Å². The average Bonchev–Trinajstić information content (AvgIpc) is 2.88. The van der Waals surface area contributed by atoms with Crippen LogP contribution in [0.5, 0.6) is 0 Å². The fourth-order valence-electron chi connectivity index (χ4n) is 2.51. The van der Waals surface area contributed by atoms with Crippen LogP contribution in [0.4, 0.5) is 10.5 Å². The van der Waals surface area contributed by atoms with Crippen molar-refractivity contribution in [3.05, 3.63) is 30.5 Å². The van der Waals surface area contributed by atoms with Crippen LogP contribution in [0.1, 0.15) is 6.92 Å². The number of hydrogen-bond donors (Lipinski definition) is 3. The lowest BCUT2D eigenvalue weighted by atomic mass is 10.2. The summed E-state index contributed by atoms with van der Waals surface area (Å²) in [6.45, 7) is 4.43. The molecular formula is C14H18N4O. The highest BCUT2D eigenvalue weighted by Crippen LogP contribution is 2.22. The Hall–Kier alpha value is -2.01. The maximum atomic E-state index is 12.3. The molecule has 2 aromatic rings. The van der Waals surface area contributed by atoms with Crippen molar-refractivity contribution in [2.24, 2.45) is 0 Å². The number of H-pyrrole nitrogens is 1. The van der Waals surface area contributed by atoms with Crippen molar-refractivity contribution in [3.63, 3.8) is 0 Å². The second kappa shape index (κ2) is 4.93. The first-order chi connectivity index (χ1) is 9.24. The number of carbonyl (C=O) groups is 1. The zero-order valence-electron chi connectivity index (χ0n) is 10.9.